The van der Waals surface area contributed by atoms with E-state index in [0.29, 0.717) is 38.2 Å². The van der Waals surface area contributed by atoms with Crippen molar-refractivity contribution in [3.8, 4) is 0 Å². The van der Waals surface area contributed by atoms with Gasteiger partial charge in [-0.3, -0.25) is 9.59 Å². The first kappa shape index (κ1) is 17.2. The summed E-state index contributed by atoms with van der Waals surface area (Å²) in [7, 11) is 0. The fraction of sp³-hybridized carbons (Fsp3) is 0.368. The first-order chi connectivity index (χ1) is 12.6. The van der Waals surface area contributed by atoms with E-state index >= 15 is 0 Å². The van der Waals surface area contributed by atoms with Crippen molar-refractivity contribution in [1.82, 2.24) is 4.90 Å². The van der Waals surface area contributed by atoms with Gasteiger partial charge in [0.15, 0.2) is 0 Å². The van der Waals surface area contributed by atoms with Crippen LogP contribution in [0.15, 0.2) is 41.1 Å². The Bertz CT molecular complexity index is 799. The van der Waals surface area contributed by atoms with E-state index in [4.69, 9.17) is 4.74 Å². The highest BCUT2D eigenvalue weighted by atomic mass is 32.1. The Morgan fingerprint density at radius 2 is 1.88 bits per heavy atom. The Labute approximate surface area is 155 Å². The number of anilines is 1. The summed E-state index contributed by atoms with van der Waals surface area (Å²) in [6, 6.07) is 7.77. The lowest BCUT2D eigenvalue weighted by molar-refractivity contribution is -0.143. The van der Waals surface area contributed by atoms with E-state index in [1.54, 1.807) is 17.0 Å². The molecule has 0 atom stereocenters. The monoisotopic (exact) mass is 374 g/mol. The molecule has 0 N–H and O–H groups in total. The maximum atomic E-state index is 13.2. The van der Waals surface area contributed by atoms with Gasteiger partial charge in [-0.25, -0.2) is 4.39 Å². The number of ether oxygens (including phenoxy) is 1. The lowest BCUT2D eigenvalue weighted by Crippen LogP contribution is -2.59. The second-order valence-electron chi connectivity index (χ2n) is 6.73. The summed E-state index contributed by atoms with van der Waals surface area (Å²) < 4.78 is 19.1. The molecule has 2 aromatic rings. The van der Waals surface area contributed by atoms with Crippen molar-refractivity contribution in [1.29, 1.82) is 0 Å². The fourth-order valence-corrected chi connectivity index (χ4v) is 4.19. The lowest BCUT2D eigenvalue weighted by atomic mass is 9.88. The molecule has 2 aliphatic rings. The molecular formula is C19H19FN2O3S. The predicted octanol–water partition coefficient (Wildman–Crippen LogP) is 2.93. The highest BCUT2D eigenvalue weighted by Crippen LogP contribution is 2.33. The summed E-state index contributed by atoms with van der Waals surface area (Å²) in [6.45, 7) is 1.63. The highest BCUT2D eigenvalue weighted by molar-refractivity contribution is 7.08. The molecule has 0 unspecified atom stereocenters. The summed E-state index contributed by atoms with van der Waals surface area (Å²) >= 11 is 1.51. The van der Waals surface area contributed by atoms with Crippen molar-refractivity contribution in [3.63, 3.8) is 0 Å². The minimum Gasteiger partial charge on any atom is -0.363 e. The van der Waals surface area contributed by atoms with E-state index in [2.05, 4.69) is 0 Å². The van der Waals surface area contributed by atoms with Crippen molar-refractivity contribution in [2.45, 2.75) is 18.4 Å². The average molecular weight is 374 g/mol. The number of amides is 2. The summed E-state index contributed by atoms with van der Waals surface area (Å²) in [6.07, 6.45) is 1.35. The van der Waals surface area contributed by atoms with E-state index in [-0.39, 0.29) is 24.2 Å². The molecule has 1 aromatic carbocycles. The first-order valence-corrected chi connectivity index (χ1v) is 9.52. The third kappa shape index (κ3) is 3.24. The first-order valence-electron chi connectivity index (χ1n) is 8.58. The number of likely N-dealkylation sites (tertiary alicyclic amines) is 1. The molecule has 4 rings (SSSR count). The molecule has 0 bridgehead atoms. The topological polar surface area (TPSA) is 49.9 Å². The second kappa shape index (κ2) is 6.81. The molecule has 5 nitrogen and oxygen atoms in total. The standard InChI is InChI=1S/C19H19FN2O3S/c20-15-1-3-16(4-2-15)22-13-19(25-11-17(22)23)6-8-21(9-7-19)18(24)14-5-10-26-12-14/h1-5,10,12H,6-9,11,13H2. The largest absolute Gasteiger partial charge is 0.363 e. The molecule has 1 spiro atoms. The Balaban J connectivity index is 1.45. The van der Waals surface area contributed by atoms with Gasteiger partial charge in [-0.1, -0.05) is 0 Å². The lowest BCUT2D eigenvalue weighted by Gasteiger charge is -2.46. The zero-order valence-corrected chi connectivity index (χ0v) is 15.0. The maximum absolute atomic E-state index is 13.2. The molecule has 0 saturated carbocycles. The molecule has 2 aliphatic heterocycles. The van der Waals surface area contributed by atoms with E-state index in [1.807, 2.05) is 21.7 Å². The van der Waals surface area contributed by atoms with E-state index < -0.39 is 5.60 Å². The van der Waals surface area contributed by atoms with Crippen LogP contribution in [0.2, 0.25) is 0 Å². The molecule has 26 heavy (non-hydrogen) atoms. The summed E-state index contributed by atoms with van der Waals surface area (Å²) in [5.41, 5.74) is 0.947. The number of morpholine rings is 1. The molecule has 0 radical (unpaired) electrons. The number of piperidine rings is 1. The SMILES string of the molecule is O=C(c1ccsc1)N1CCC2(CC1)CN(c1ccc(F)cc1)C(=O)CO2. The van der Waals surface area contributed by atoms with Crippen LogP contribution in [-0.4, -0.2) is 48.6 Å². The van der Waals surface area contributed by atoms with Crippen molar-refractivity contribution >= 4 is 28.8 Å². The normalized spacial score (nSPS) is 19.8. The number of thiophene rings is 1. The zero-order chi connectivity index (χ0) is 18.1. The van der Waals surface area contributed by atoms with Gasteiger partial charge in [-0.2, -0.15) is 11.3 Å². The molecule has 1 aromatic heterocycles. The number of hydrogen-bond donors (Lipinski definition) is 0. The maximum Gasteiger partial charge on any atom is 0.254 e. The van der Waals surface area contributed by atoms with Crippen LogP contribution in [-0.2, 0) is 9.53 Å². The number of carbonyl (C=O) groups is 2. The van der Waals surface area contributed by atoms with Gasteiger partial charge < -0.3 is 14.5 Å². The minimum atomic E-state index is -0.451. The minimum absolute atomic E-state index is 0.00978. The molecule has 2 saturated heterocycles. The van der Waals surface area contributed by atoms with Crippen LogP contribution in [0.4, 0.5) is 10.1 Å². The van der Waals surface area contributed by atoms with Crippen LogP contribution in [0.1, 0.15) is 23.2 Å². The predicted molar refractivity (Wildman–Crippen MR) is 96.9 cm³/mol. The van der Waals surface area contributed by atoms with Gasteiger partial charge in [-0.05, 0) is 48.6 Å². The van der Waals surface area contributed by atoms with Gasteiger partial charge in [0, 0.05) is 24.2 Å². The van der Waals surface area contributed by atoms with Crippen LogP contribution in [0, 0.1) is 5.82 Å². The number of rotatable bonds is 2. The molecular weight excluding hydrogens is 355 g/mol. The zero-order valence-electron chi connectivity index (χ0n) is 14.2. The van der Waals surface area contributed by atoms with E-state index in [1.165, 1.54) is 23.5 Å². The van der Waals surface area contributed by atoms with Crippen LogP contribution >= 0.6 is 11.3 Å². The van der Waals surface area contributed by atoms with E-state index in [9.17, 15) is 14.0 Å². The van der Waals surface area contributed by atoms with Crippen LogP contribution < -0.4 is 4.90 Å². The summed E-state index contributed by atoms with van der Waals surface area (Å²) in [5.74, 6) is -0.410. The van der Waals surface area contributed by atoms with Gasteiger partial charge in [0.2, 0.25) is 0 Å². The molecule has 7 heteroatoms. The number of nitrogens with zero attached hydrogens (tertiary/aromatic N) is 2. The number of hydrogen-bond acceptors (Lipinski definition) is 4. The molecule has 3 heterocycles. The van der Waals surface area contributed by atoms with Crippen LogP contribution in [0.3, 0.4) is 0 Å². The van der Waals surface area contributed by atoms with E-state index in [0.717, 1.165) is 5.56 Å². The summed E-state index contributed by atoms with van der Waals surface area (Å²) in [4.78, 5) is 28.3. The average Bonchev–Trinajstić information content (AvgIpc) is 3.20. The molecule has 2 amide bonds. The molecule has 136 valence electrons. The van der Waals surface area contributed by atoms with Gasteiger partial charge in [-0.15, -0.1) is 0 Å². The second-order valence-corrected chi connectivity index (χ2v) is 7.51. The Morgan fingerprint density at radius 3 is 2.54 bits per heavy atom. The van der Waals surface area contributed by atoms with Gasteiger partial charge >= 0.3 is 0 Å². The quantitative estimate of drug-likeness (QED) is 0.812. The smallest absolute Gasteiger partial charge is 0.254 e. The molecule has 2 fully saturated rings. The Hall–Kier alpha value is -2.25. The van der Waals surface area contributed by atoms with Crippen molar-refractivity contribution < 1.29 is 18.7 Å². The van der Waals surface area contributed by atoms with Crippen molar-refractivity contribution in [3.05, 3.63) is 52.5 Å². The molecule has 0 aliphatic carbocycles. The van der Waals surface area contributed by atoms with Gasteiger partial charge in [0.25, 0.3) is 11.8 Å². The highest BCUT2D eigenvalue weighted by Gasteiger charge is 2.43. The third-order valence-corrected chi connectivity index (χ3v) is 5.80. The summed E-state index contributed by atoms with van der Waals surface area (Å²) in [5, 5.41) is 3.76. The van der Waals surface area contributed by atoms with Crippen LogP contribution in [0.5, 0.6) is 0 Å². The Kier molecular flexibility index (Phi) is 4.50. The van der Waals surface area contributed by atoms with Crippen molar-refractivity contribution in [2.24, 2.45) is 0 Å². The van der Waals surface area contributed by atoms with Gasteiger partial charge in [0.05, 0.1) is 17.7 Å². The number of benzene rings is 1. The van der Waals surface area contributed by atoms with Crippen molar-refractivity contribution in [2.75, 3.05) is 31.1 Å². The third-order valence-electron chi connectivity index (χ3n) is 5.12. The number of carbonyl (C=O) groups excluding carboxylic acids is 2. The van der Waals surface area contributed by atoms with Gasteiger partial charge in [0.1, 0.15) is 12.4 Å². The fourth-order valence-electron chi connectivity index (χ4n) is 3.56. The Morgan fingerprint density at radius 1 is 1.15 bits per heavy atom. The van der Waals surface area contributed by atoms with Crippen LogP contribution in [0.25, 0.3) is 0 Å². The number of halogens is 1.